The van der Waals surface area contributed by atoms with Gasteiger partial charge in [-0.15, -0.1) is 0 Å². The lowest BCUT2D eigenvalue weighted by molar-refractivity contribution is -0.0503. The van der Waals surface area contributed by atoms with E-state index in [1.807, 2.05) is 17.0 Å². The Morgan fingerprint density at radius 2 is 2.16 bits per heavy atom. The van der Waals surface area contributed by atoms with Crippen molar-refractivity contribution >= 4 is 5.91 Å². The van der Waals surface area contributed by atoms with E-state index in [0.717, 1.165) is 13.1 Å². The number of morpholine rings is 1. The third-order valence-electron chi connectivity index (χ3n) is 4.97. The summed E-state index contributed by atoms with van der Waals surface area (Å²) in [6.45, 7) is 3.68. The van der Waals surface area contributed by atoms with E-state index in [9.17, 15) is 4.79 Å². The van der Waals surface area contributed by atoms with Crippen LogP contribution in [0.4, 0.5) is 0 Å². The van der Waals surface area contributed by atoms with Crippen LogP contribution < -0.4 is 0 Å². The van der Waals surface area contributed by atoms with E-state index in [0.29, 0.717) is 31.0 Å². The number of hydrogen-bond acceptors (Lipinski definition) is 4. The molecule has 2 saturated heterocycles. The third kappa shape index (κ3) is 3.16. The molecule has 1 aromatic heterocycles. The summed E-state index contributed by atoms with van der Waals surface area (Å²) in [5.41, 5.74) is 2.21. The molecule has 2 fully saturated rings. The molecule has 2 atom stereocenters. The van der Waals surface area contributed by atoms with Crippen molar-refractivity contribution in [2.75, 3.05) is 26.2 Å². The number of aromatic nitrogens is 1. The summed E-state index contributed by atoms with van der Waals surface area (Å²) in [7, 11) is 0. The number of fused-ring (bicyclic) bond motifs is 1. The van der Waals surface area contributed by atoms with Crippen molar-refractivity contribution in [2.45, 2.75) is 18.7 Å². The Morgan fingerprint density at radius 1 is 1.32 bits per heavy atom. The molecule has 2 aromatic rings. The van der Waals surface area contributed by atoms with Crippen LogP contribution in [-0.4, -0.2) is 59.1 Å². The Hall–Kier alpha value is -2.62. The number of rotatable bonds is 3. The van der Waals surface area contributed by atoms with Crippen molar-refractivity contribution in [3.05, 3.63) is 59.4 Å². The normalized spacial score (nSPS) is 23.2. The van der Waals surface area contributed by atoms with Crippen LogP contribution in [0.5, 0.6) is 0 Å². The lowest BCUT2D eigenvalue weighted by Gasteiger charge is -2.36. The highest BCUT2D eigenvalue weighted by atomic mass is 16.5. The third-order valence-corrected chi connectivity index (χ3v) is 4.97. The zero-order chi connectivity index (χ0) is 17.2. The number of aromatic amines is 1. The molecule has 0 saturated carbocycles. The Morgan fingerprint density at radius 3 is 2.92 bits per heavy atom. The minimum absolute atomic E-state index is 0.0480. The van der Waals surface area contributed by atoms with Crippen molar-refractivity contribution in [2.24, 2.45) is 0 Å². The molecular formula is C19H20N4O2. The summed E-state index contributed by atoms with van der Waals surface area (Å²) in [5, 5.41) is 8.92. The van der Waals surface area contributed by atoms with Gasteiger partial charge in [0, 0.05) is 32.4 Å². The van der Waals surface area contributed by atoms with E-state index >= 15 is 0 Å². The molecule has 6 heteroatoms. The number of ether oxygens (including phenoxy) is 1. The standard InChI is InChI=1S/C19H20N4O2/c20-9-15-8-16(21-10-15)19(24)23-12-17-18(13-23)25-7-6-22(17)11-14-4-2-1-3-5-14/h1-5,8,10,17-18,21H,6-7,11-13H2/t17-,18+/m1/s1. The summed E-state index contributed by atoms with van der Waals surface area (Å²) < 4.78 is 5.91. The van der Waals surface area contributed by atoms with Crippen molar-refractivity contribution in [1.82, 2.24) is 14.8 Å². The van der Waals surface area contributed by atoms with Gasteiger partial charge >= 0.3 is 0 Å². The summed E-state index contributed by atoms with van der Waals surface area (Å²) in [5.74, 6) is -0.0702. The molecule has 1 amide bonds. The van der Waals surface area contributed by atoms with Crippen molar-refractivity contribution in [1.29, 1.82) is 5.26 Å². The molecule has 1 N–H and O–H groups in total. The van der Waals surface area contributed by atoms with Crippen LogP contribution in [0.15, 0.2) is 42.6 Å². The first-order valence-electron chi connectivity index (χ1n) is 8.52. The first-order valence-corrected chi connectivity index (χ1v) is 8.52. The Balaban J connectivity index is 1.47. The van der Waals surface area contributed by atoms with Crippen LogP contribution in [-0.2, 0) is 11.3 Å². The SMILES string of the molecule is N#Cc1c[nH]c(C(=O)N2C[C@@H]3OCCN(Cc4ccccc4)[C@@H]3C2)c1. The number of carbonyl (C=O) groups is 1. The summed E-state index contributed by atoms with van der Waals surface area (Å²) in [4.78, 5) is 19.8. The quantitative estimate of drug-likeness (QED) is 0.924. The van der Waals surface area contributed by atoms with Gasteiger partial charge in [0.1, 0.15) is 11.8 Å². The second-order valence-corrected chi connectivity index (χ2v) is 6.56. The second kappa shape index (κ2) is 6.71. The van der Waals surface area contributed by atoms with E-state index in [1.54, 1.807) is 12.3 Å². The Bertz CT molecular complexity index is 795. The molecule has 2 aliphatic rings. The maximum atomic E-state index is 12.7. The highest BCUT2D eigenvalue weighted by Gasteiger charge is 2.42. The molecular weight excluding hydrogens is 316 g/mol. The highest BCUT2D eigenvalue weighted by Crippen LogP contribution is 2.25. The molecule has 0 bridgehead atoms. The maximum absolute atomic E-state index is 12.7. The zero-order valence-electron chi connectivity index (χ0n) is 13.9. The van der Waals surface area contributed by atoms with E-state index in [2.05, 4.69) is 34.1 Å². The molecule has 2 aliphatic heterocycles. The molecule has 0 spiro atoms. The molecule has 128 valence electrons. The van der Waals surface area contributed by atoms with Gasteiger partial charge in [0.25, 0.3) is 5.91 Å². The van der Waals surface area contributed by atoms with Gasteiger partial charge in [-0.1, -0.05) is 30.3 Å². The zero-order valence-corrected chi connectivity index (χ0v) is 13.9. The van der Waals surface area contributed by atoms with Crippen LogP contribution in [0.2, 0.25) is 0 Å². The fourth-order valence-corrected chi connectivity index (χ4v) is 3.69. The van der Waals surface area contributed by atoms with Crippen LogP contribution in [0, 0.1) is 11.3 Å². The first-order chi connectivity index (χ1) is 12.2. The number of likely N-dealkylation sites (tertiary alicyclic amines) is 1. The number of nitrogens with one attached hydrogen (secondary N) is 1. The van der Waals surface area contributed by atoms with Gasteiger partial charge in [0.2, 0.25) is 0 Å². The minimum Gasteiger partial charge on any atom is -0.373 e. The molecule has 3 heterocycles. The predicted molar refractivity (Wildman–Crippen MR) is 91.8 cm³/mol. The molecule has 0 aliphatic carbocycles. The summed E-state index contributed by atoms with van der Waals surface area (Å²) in [6.07, 6.45) is 1.61. The fourth-order valence-electron chi connectivity index (χ4n) is 3.69. The topological polar surface area (TPSA) is 72.4 Å². The average molecular weight is 336 g/mol. The number of hydrogen-bond donors (Lipinski definition) is 1. The van der Waals surface area contributed by atoms with Gasteiger partial charge in [-0.25, -0.2) is 0 Å². The smallest absolute Gasteiger partial charge is 0.270 e. The van der Waals surface area contributed by atoms with Crippen molar-refractivity contribution in [3.8, 4) is 6.07 Å². The molecule has 0 radical (unpaired) electrons. The summed E-state index contributed by atoms with van der Waals surface area (Å²) >= 11 is 0. The number of benzene rings is 1. The summed E-state index contributed by atoms with van der Waals surface area (Å²) in [6, 6.07) is 14.2. The van der Waals surface area contributed by atoms with E-state index in [1.165, 1.54) is 5.56 Å². The minimum atomic E-state index is -0.0702. The largest absolute Gasteiger partial charge is 0.373 e. The van der Waals surface area contributed by atoms with Gasteiger partial charge in [0.05, 0.1) is 24.3 Å². The second-order valence-electron chi connectivity index (χ2n) is 6.56. The number of nitrogens with zero attached hydrogens (tertiary/aromatic N) is 3. The van der Waals surface area contributed by atoms with Gasteiger partial charge in [-0.2, -0.15) is 5.26 Å². The lowest BCUT2D eigenvalue weighted by Crippen LogP contribution is -2.50. The Labute approximate surface area is 146 Å². The number of H-pyrrole nitrogens is 1. The van der Waals surface area contributed by atoms with E-state index in [-0.39, 0.29) is 18.1 Å². The van der Waals surface area contributed by atoms with Crippen LogP contribution in [0.1, 0.15) is 21.6 Å². The molecule has 25 heavy (non-hydrogen) atoms. The maximum Gasteiger partial charge on any atom is 0.270 e. The molecule has 1 aromatic carbocycles. The van der Waals surface area contributed by atoms with Crippen LogP contribution >= 0.6 is 0 Å². The Kier molecular flexibility index (Phi) is 4.26. The highest BCUT2D eigenvalue weighted by molar-refractivity contribution is 5.93. The van der Waals surface area contributed by atoms with Gasteiger partial charge in [-0.05, 0) is 11.6 Å². The monoisotopic (exact) mass is 336 g/mol. The van der Waals surface area contributed by atoms with E-state index in [4.69, 9.17) is 10.00 Å². The first kappa shape index (κ1) is 15.9. The number of nitriles is 1. The fraction of sp³-hybridized carbons (Fsp3) is 0.368. The molecule has 4 rings (SSSR count). The van der Waals surface area contributed by atoms with Gasteiger partial charge < -0.3 is 14.6 Å². The van der Waals surface area contributed by atoms with Crippen molar-refractivity contribution < 1.29 is 9.53 Å². The van der Waals surface area contributed by atoms with Gasteiger partial charge in [-0.3, -0.25) is 9.69 Å². The molecule has 6 nitrogen and oxygen atoms in total. The predicted octanol–water partition coefficient (Wildman–Crippen LogP) is 1.61. The lowest BCUT2D eigenvalue weighted by atomic mass is 10.1. The van der Waals surface area contributed by atoms with Gasteiger partial charge in [0.15, 0.2) is 0 Å². The average Bonchev–Trinajstić information content (AvgIpc) is 3.29. The van der Waals surface area contributed by atoms with Crippen LogP contribution in [0.3, 0.4) is 0 Å². The number of carbonyl (C=O) groups excluding carboxylic acids is 1. The van der Waals surface area contributed by atoms with Crippen molar-refractivity contribution in [3.63, 3.8) is 0 Å². The van der Waals surface area contributed by atoms with Crippen LogP contribution in [0.25, 0.3) is 0 Å². The molecule has 0 unspecified atom stereocenters. The van der Waals surface area contributed by atoms with E-state index < -0.39 is 0 Å². The number of amides is 1.